The van der Waals surface area contributed by atoms with Crippen molar-refractivity contribution in [3.8, 4) is 0 Å². The van der Waals surface area contributed by atoms with E-state index >= 15 is 0 Å². The minimum Gasteiger partial charge on any atom is -0.468 e. The van der Waals surface area contributed by atoms with E-state index in [9.17, 15) is 9.18 Å². The van der Waals surface area contributed by atoms with Gasteiger partial charge in [-0.05, 0) is 6.42 Å². The summed E-state index contributed by atoms with van der Waals surface area (Å²) in [4.78, 5) is 11.4. The van der Waals surface area contributed by atoms with Gasteiger partial charge in [-0.2, -0.15) is 0 Å². The van der Waals surface area contributed by atoms with Gasteiger partial charge in [0.1, 0.15) is 11.7 Å². The molecule has 0 radical (unpaired) electrons. The Bertz CT molecular complexity index is 199. The van der Waals surface area contributed by atoms with E-state index < -0.39 is 17.7 Å². The van der Waals surface area contributed by atoms with Crippen LogP contribution >= 0.6 is 11.6 Å². The van der Waals surface area contributed by atoms with Crippen LogP contribution in [0.25, 0.3) is 0 Å². The van der Waals surface area contributed by atoms with Gasteiger partial charge in [0.25, 0.3) is 0 Å². The Kier molecular flexibility index (Phi) is 3.50. The van der Waals surface area contributed by atoms with E-state index in [1.165, 1.54) is 7.11 Å². The molecule has 0 bridgehead atoms. The summed E-state index contributed by atoms with van der Waals surface area (Å²) in [5.41, 5.74) is -0.893. The molecule has 1 unspecified atom stereocenters. The Balaban J connectivity index is 2.70. The van der Waals surface area contributed by atoms with Gasteiger partial charge in [0.2, 0.25) is 0 Å². The summed E-state index contributed by atoms with van der Waals surface area (Å²) in [6.45, 7) is 0.200. The lowest BCUT2D eigenvalue weighted by Gasteiger charge is -2.24. The number of halogens is 2. The Hall–Kier alpha value is -0.350. The maximum atomic E-state index is 12.9. The number of carbonyl (C=O) groups excluding carboxylic acids is 1. The molecule has 0 aromatic heterocycles. The van der Waals surface area contributed by atoms with Crippen LogP contribution in [-0.2, 0) is 9.53 Å². The number of hydrogen-bond acceptors (Lipinski definition) is 3. The average Bonchev–Trinajstić information content (AvgIpc) is 2.48. The molecule has 0 spiro atoms. The predicted molar refractivity (Wildman–Crippen MR) is 47.6 cm³/mol. The first-order chi connectivity index (χ1) is 6.14. The van der Waals surface area contributed by atoms with Gasteiger partial charge in [0, 0.05) is 18.8 Å². The first-order valence-corrected chi connectivity index (χ1v) is 4.71. The lowest BCUT2D eigenvalue weighted by molar-refractivity contribution is -0.148. The van der Waals surface area contributed by atoms with Crippen LogP contribution in [0.5, 0.6) is 0 Å². The second kappa shape index (κ2) is 4.24. The second-order valence-corrected chi connectivity index (χ2v) is 3.57. The number of nitrogens with one attached hydrogen (secondary N) is 1. The number of methoxy groups -OCH3 is 1. The van der Waals surface area contributed by atoms with Crippen LogP contribution in [0.1, 0.15) is 12.8 Å². The smallest absolute Gasteiger partial charge is 0.326 e. The highest BCUT2D eigenvalue weighted by Gasteiger charge is 2.45. The van der Waals surface area contributed by atoms with Crippen molar-refractivity contribution in [1.29, 1.82) is 0 Å². The molecule has 1 fully saturated rings. The predicted octanol–water partition coefficient (Wildman–Crippen LogP) is 0.858. The van der Waals surface area contributed by atoms with E-state index in [0.717, 1.165) is 0 Å². The fourth-order valence-electron chi connectivity index (χ4n) is 1.63. The zero-order chi connectivity index (χ0) is 9.90. The largest absolute Gasteiger partial charge is 0.468 e. The first-order valence-electron chi connectivity index (χ1n) is 4.18. The van der Waals surface area contributed by atoms with Crippen LogP contribution in [0, 0.1) is 0 Å². The number of carbonyl (C=O) groups is 1. The van der Waals surface area contributed by atoms with Gasteiger partial charge in [0.15, 0.2) is 0 Å². The van der Waals surface area contributed by atoms with Gasteiger partial charge in [-0.3, -0.25) is 10.1 Å². The van der Waals surface area contributed by atoms with Crippen LogP contribution < -0.4 is 5.32 Å². The molecule has 0 aliphatic carbocycles. The molecule has 5 heteroatoms. The quantitative estimate of drug-likeness (QED) is 0.554. The molecule has 3 nitrogen and oxygen atoms in total. The highest BCUT2D eigenvalue weighted by atomic mass is 35.5. The molecule has 1 aliphatic heterocycles. The van der Waals surface area contributed by atoms with Gasteiger partial charge in [-0.25, -0.2) is 4.39 Å². The summed E-state index contributed by atoms with van der Waals surface area (Å²) in [5.74, 6) is -0.109. The highest BCUT2D eigenvalue weighted by molar-refractivity contribution is 6.18. The third kappa shape index (κ3) is 2.11. The van der Waals surface area contributed by atoms with Gasteiger partial charge in [-0.15, -0.1) is 11.6 Å². The van der Waals surface area contributed by atoms with Gasteiger partial charge in [-0.1, -0.05) is 0 Å². The molecular formula is C8H13ClFNO2. The summed E-state index contributed by atoms with van der Waals surface area (Å²) >= 11 is 5.55. The van der Waals surface area contributed by atoms with Crippen LogP contribution in [0.15, 0.2) is 0 Å². The van der Waals surface area contributed by atoms with Gasteiger partial charge < -0.3 is 4.74 Å². The topological polar surface area (TPSA) is 38.3 Å². The minimum atomic E-state index is -0.984. The van der Waals surface area contributed by atoms with Crippen molar-refractivity contribution in [2.24, 2.45) is 0 Å². The molecule has 0 saturated carbocycles. The number of hydrogen-bond donors (Lipinski definition) is 1. The van der Waals surface area contributed by atoms with Crippen LogP contribution in [0.3, 0.4) is 0 Å². The molecule has 1 N–H and O–H groups in total. The minimum absolute atomic E-state index is 0.159. The van der Waals surface area contributed by atoms with Crippen molar-refractivity contribution < 1.29 is 13.9 Å². The van der Waals surface area contributed by atoms with Gasteiger partial charge in [0.05, 0.1) is 7.11 Å². The molecule has 0 amide bonds. The van der Waals surface area contributed by atoms with Crippen molar-refractivity contribution in [3.63, 3.8) is 0 Å². The Labute approximate surface area is 81.6 Å². The Morgan fingerprint density at radius 3 is 2.92 bits per heavy atom. The second-order valence-electron chi connectivity index (χ2n) is 3.19. The van der Waals surface area contributed by atoms with Crippen LogP contribution in [-0.4, -0.2) is 37.2 Å². The normalized spacial score (nSPS) is 33.3. The lowest BCUT2D eigenvalue weighted by Crippen LogP contribution is -2.48. The number of ether oxygens (including phenoxy) is 1. The zero-order valence-electron chi connectivity index (χ0n) is 7.48. The summed E-state index contributed by atoms with van der Waals surface area (Å²) < 4.78 is 17.5. The fraction of sp³-hybridized carbons (Fsp3) is 0.875. The first kappa shape index (κ1) is 10.7. The highest BCUT2D eigenvalue weighted by Crippen LogP contribution is 2.27. The summed E-state index contributed by atoms with van der Waals surface area (Å²) in [6.07, 6.45) is -0.420. The number of alkyl halides is 2. The molecule has 13 heavy (non-hydrogen) atoms. The third-order valence-corrected chi connectivity index (χ3v) is 2.52. The monoisotopic (exact) mass is 209 g/mol. The number of rotatable bonds is 3. The van der Waals surface area contributed by atoms with E-state index in [-0.39, 0.29) is 13.0 Å². The summed E-state index contributed by atoms with van der Waals surface area (Å²) in [7, 11) is 1.30. The SMILES string of the molecule is COC(=O)C1(CCCl)C[C@@H](F)CN1. The van der Waals surface area contributed by atoms with Crippen molar-refractivity contribution in [3.05, 3.63) is 0 Å². The zero-order valence-corrected chi connectivity index (χ0v) is 8.23. The van der Waals surface area contributed by atoms with Crippen LogP contribution in [0.4, 0.5) is 4.39 Å². The van der Waals surface area contributed by atoms with E-state index in [2.05, 4.69) is 10.1 Å². The maximum absolute atomic E-state index is 12.9. The Morgan fingerprint density at radius 1 is 1.85 bits per heavy atom. The molecule has 76 valence electrons. The Morgan fingerprint density at radius 2 is 2.54 bits per heavy atom. The van der Waals surface area contributed by atoms with Crippen molar-refractivity contribution in [1.82, 2.24) is 5.32 Å². The van der Waals surface area contributed by atoms with E-state index in [1.807, 2.05) is 0 Å². The molecule has 0 aromatic carbocycles. The lowest BCUT2D eigenvalue weighted by atomic mass is 9.94. The average molecular weight is 210 g/mol. The van der Waals surface area contributed by atoms with E-state index in [0.29, 0.717) is 12.3 Å². The molecule has 1 heterocycles. The molecule has 1 saturated heterocycles. The van der Waals surface area contributed by atoms with Crippen molar-refractivity contribution in [2.75, 3.05) is 19.5 Å². The van der Waals surface area contributed by atoms with Crippen molar-refractivity contribution in [2.45, 2.75) is 24.6 Å². The van der Waals surface area contributed by atoms with E-state index in [4.69, 9.17) is 11.6 Å². The van der Waals surface area contributed by atoms with Crippen molar-refractivity contribution >= 4 is 17.6 Å². The fourth-order valence-corrected chi connectivity index (χ4v) is 1.96. The summed E-state index contributed by atoms with van der Waals surface area (Å²) in [6, 6.07) is 0. The molecule has 0 aromatic rings. The molecular weight excluding hydrogens is 197 g/mol. The van der Waals surface area contributed by atoms with E-state index in [1.54, 1.807) is 0 Å². The third-order valence-electron chi connectivity index (χ3n) is 2.33. The maximum Gasteiger partial charge on any atom is 0.326 e. The molecule has 1 rings (SSSR count). The molecule has 2 atom stereocenters. The summed E-state index contributed by atoms with van der Waals surface area (Å²) in [5, 5.41) is 2.84. The van der Waals surface area contributed by atoms with Gasteiger partial charge >= 0.3 is 5.97 Å². The standard InChI is InChI=1S/C8H13ClFNO2/c1-13-7(12)8(2-3-9)4-6(10)5-11-8/h6,11H,2-5H2,1H3/t6-,8?/m1/s1. The van der Waals surface area contributed by atoms with Crippen LogP contribution in [0.2, 0.25) is 0 Å². The number of esters is 1. The molecule has 1 aliphatic rings.